The summed E-state index contributed by atoms with van der Waals surface area (Å²) in [7, 11) is 0. The van der Waals surface area contributed by atoms with E-state index in [9.17, 15) is 10.0 Å². The molecule has 0 fully saturated rings. The number of carbonyl (C=O) groups excluding carboxylic acids is 1. The molecule has 0 unspecified atom stereocenters. The van der Waals surface area contributed by atoms with E-state index in [0.29, 0.717) is 22.1 Å². The van der Waals surface area contributed by atoms with Crippen molar-refractivity contribution in [1.82, 2.24) is 0 Å². The number of hydrogen-bond acceptors (Lipinski definition) is 5. The first kappa shape index (κ1) is 12.8. The van der Waals surface area contributed by atoms with Crippen molar-refractivity contribution >= 4 is 17.5 Å². The molecule has 0 spiro atoms. The Labute approximate surface area is 119 Å². The maximum atomic E-state index is 12.1. The summed E-state index contributed by atoms with van der Waals surface area (Å²) in [4.78, 5) is 12.1. The molecule has 20 heavy (non-hydrogen) atoms. The summed E-state index contributed by atoms with van der Waals surface area (Å²) in [6.07, 6.45) is 1.41. The van der Waals surface area contributed by atoms with Crippen molar-refractivity contribution < 1.29 is 19.0 Å². The first-order valence-corrected chi connectivity index (χ1v) is 6.96. The molecule has 0 aliphatic carbocycles. The van der Waals surface area contributed by atoms with Gasteiger partial charge in [-0.15, -0.1) is 0 Å². The maximum absolute atomic E-state index is 12.1. The van der Waals surface area contributed by atoms with Gasteiger partial charge in [0, 0.05) is 17.7 Å². The van der Waals surface area contributed by atoms with E-state index in [4.69, 9.17) is 9.47 Å². The second-order valence-corrected chi connectivity index (χ2v) is 5.14. The molecule has 1 aliphatic rings. The van der Waals surface area contributed by atoms with Crippen molar-refractivity contribution in [2.75, 3.05) is 12.5 Å². The number of ketones is 1. The molecule has 0 saturated heterocycles. The van der Waals surface area contributed by atoms with Crippen LogP contribution in [0.5, 0.6) is 11.5 Å². The van der Waals surface area contributed by atoms with Gasteiger partial charge in [-0.2, -0.15) is 4.73 Å². The average Bonchev–Trinajstić information content (AvgIpc) is 2.93. The molecule has 6 heteroatoms. The topological polar surface area (TPSA) is 62.5 Å². The third kappa shape index (κ3) is 2.55. The monoisotopic (exact) mass is 289 g/mol. The lowest BCUT2D eigenvalue weighted by Crippen LogP contribution is -2.28. The van der Waals surface area contributed by atoms with Crippen LogP contribution in [0.1, 0.15) is 10.4 Å². The summed E-state index contributed by atoms with van der Waals surface area (Å²) in [5.74, 6) is 1.37. The molecule has 0 bridgehead atoms. The Morgan fingerprint density at radius 3 is 2.95 bits per heavy atom. The molecule has 2 aromatic rings. The van der Waals surface area contributed by atoms with Crippen molar-refractivity contribution in [3.05, 3.63) is 53.4 Å². The van der Waals surface area contributed by atoms with Crippen LogP contribution in [-0.4, -0.2) is 18.3 Å². The molecule has 1 aromatic carbocycles. The largest absolute Gasteiger partial charge is 0.618 e. The fraction of sp³-hybridized carbons (Fsp3) is 0.143. The molecule has 102 valence electrons. The summed E-state index contributed by atoms with van der Waals surface area (Å²) in [6.45, 7) is 0.182. The van der Waals surface area contributed by atoms with Gasteiger partial charge >= 0.3 is 0 Å². The van der Waals surface area contributed by atoms with E-state index in [-0.39, 0.29) is 18.3 Å². The zero-order valence-electron chi connectivity index (χ0n) is 10.4. The highest BCUT2D eigenvalue weighted by atomic mass is 32.2. The summed E-state index contributed by atoms with van der Waals surface area (Å²) in [6, 6.07) is 10.2. The van der Waals surface area contributed by atoms with Crippen molar-refractivity contribution in [2.45, 2.75) is 5.03 Å². The minimum absolute atomic E-state index is 0.0582. The number of benzene rings is 1. The van der Waals surface area contributed by atoms with Crippen LogP contribution in [0.4, 0.5) is 0 Å². The van der Waals surface area contributed by atoms with Crippen LogP contribution in [0.25, 0.3) is 0 Å². The van der Waals surface area contributed by atoms with E-state index >= 15 is 0 Å². The third-order valence-electron chi connectivity index (χ3n) is 2.83. The number of fused-ring (bicyclic) bond motifs is 1. The molecule has 1 aliphatic heterocycles. The fourth-order valence-electron chi connectivity index (χ4n) is 1.82. The molecule has 3 rings (SSSR count). The SMILES string of the molecule is O=C(CSc1cccc[n+]1[O-])c1ccc2c(c1)OCO2. The molecule has 1 aromatic heterocycles. The number of nitrogens with zero attached hydrogens (tertiary/aromatic N) is 1. The molecule has 5 nitrogen and oxygen atoms in total. The molecular formula is C14H11NO4S. The lowest BCUT2D eigenvalue weighted by molar-refractivity contribution is -0.645. The van der Waals surface area contributed by atoms with Crippen LogP contribution >= 0.6 is 11.8 Å². The van der Waals surface area contributed by atoms with E-state index in [1.54, 1.807) is 36.4 Å². The quantitative estimate of drug-likeness (QED) is 0.373. The maximum Gasteiger partial charge on any atom is 0.251 e. The predicted octanol–water partition coefficient (Wildman–Crippen LogP) is 2.02. The Balaban J connectivity index is 1.69. The van der Waals surface area contributed by atoms with Crippen LogP contribution < -0.4 is 14.2 Å². The molecule has 0 saturated carbocycles. The normalized spacial score (nSPS) is 12.4. The van der Waals surface area contributed by atoms with Gasteiger partial charge < -0.3 is 14.7 Å². The molecule has 0 atom stereocenters. The number of aromatic nitrogens is 1. The van der Waals surface area contributed by atoms with E-state index < -0.39 is 0 Å². The molecule has 0 N–H and O–H groups in total. The van der Waals surface area contributed by atoms with E-state index in [0.717, 1.165) is 4.73 Å². The molecular weight excluding hydrogens is 278 g/mol. The highest BCUT2D eigenvalue weighted by Gasteiger charge is 2.17. The average molecular weight is 289 g/mol. The van der Waals surface area contributed by atoms with Crippen LogP contribution in [0.2, 0.25) is 0 Å². The highest BCUT2D eigenvalue weighted by molar-refractivity contribution is 7.99. The first-order chi connectivity index (χ1) is 9.74. The second kappa shape index (κ2) is 5.42. The lowest BCUT2D eigenvalue weighted by Gasteiger charge is -2.04. The summed E-state index contributed by atoms with van der Waals surface area (Å²) in [5.41, 5.74) is 0.551. The zero-order chi connectivity index (χ0) is 13.9. The van der Waals surface area contributed by atoms with Crippen LogP contribution in [0, 0.1) is 5.21 Å². The Bertz CT molecular complexity index is 659. The van der Waals surface area contributed by atoms with Gasteiger partial charge in [0.1, 0.15) is 0 Å². The number of ether oxygens (including phenoxy) is 2. The van der Waals surface area contributed by atoms with Crippen LogP contribution in [0.15, 0.2) is 47.6 Å². The highest BCUT2D eigenvalue weighted by Crippen LogP contribution is 2.32. The summed E-state index contributed by atoms with van der Waals surface area (Å²) >= 11 is 1.21. The van der Waals surface area contributed by atoms with Crippen molar-refractivity contribution in [2.24, 2.45) is 0 Å². The van der Waals surface area contributed by atoms with E-state index in [2.05, 4.69) is 0 Å². The summed E-state index contributed by atoms with van der Waals surface area (Å²) in [5, 5.41) is 12.0. The number of carbonyl (C=O) groups is 1. The zero-order valence-corrected chi connectivity index (χ0v) is 11.3. The van der Waals surface area contributed by atoms with Crippen LogP contribution in [-0.2, 0) is 0 Å². The minimum atomic E-state index is -0.0582. The predicted molar refractivity (Wildman–Crippen MR) is 73.0 cm³/mol. The van der Waals surface area contributed by atoms with Gasteiger partial charge in [-0.25, -0.2) is 0 Å². The van der Waals surface area contributed by atoms with Gasteiger partial charge in [-0.1, -0.05) is 0 Å². The molecule has 0 amide bonds. The standard InChI is InChI=1S/C14H11NO4S/c16-11(8-20-14-3-1-2-6-15(14)17)10-4-5-12-13(7-10)19-9-18-12/h1-7H,8-9H2. The van der Waals surface area contributed by atoms with Gasteiger partial charge in [0.05, 0.1) is 5.75 Å². The number of pyridine rings is 1. The molecule has 2 heterocycles. The van der Waals surface area contributed by atoms with Gasteiger partial charge in [-0.05, 0) is 36.0 Å². The Morgan fingerprint density at radius 2 is 2.10 bits per heavy atom. The Hall–Kier alpha value is -2.21. The van der Waals surface area contributed by atoms with Gasteiger partial charge in [0.2, 0.25) is 6.79 Å². The number of rotatable bonds is 4. The Kier molecular flexibility index (Phi) is 3.47. The number of hydrogen-bond donors (Lipinski definition) is 0. The van der Waals surface area contributed by atoms with E-state index in [1.165, 1.54) is 18.0 Å². The Morgan fingerprint density at radius 1 is 1.25 bits per heavy atom. The van der Waals surface area contributed by atoms with Gasteiger partial charge in [-0.3, -0.25) is 4.79 Å². The first-order valence-electron chi connectivity index (χ1n) is 5.98. The van der Waals surface area contributed by atoms with Crippen molar-refractivity contribution in [3.8, 4) is 11.5 Å². The second-order valence-electron chi connectivity index (χ2n) is 4.14. The smallest absolute Gasteiger partial charge is 0.251 e. The minimum Gasteiger partial charge on any atom is -0.618 e. The lowest BCUT2D eigenvalue weighted by atomic mass is 10.1. The molecule has 0 radical (unpaired) electrons. The van der Waals surface area contributed by atoms with Crippen molar-refractivity contribution in [1.29, 1.82) is 0 Å². The summed E-state index contributed by atoms with van der Waals surface area (Å²) < 4.78 is 11.2. The fourth-order valence-corrected chi connectivity index (χ4v) is 2.63. The van der Waals surface area contributed by atoms with Gasteiger partial charge in [0.15, 0.2) is 23.5 Å². The van der Waals surface area contributed by atoms with E-state index in [1.807, 2.05) is 0 Å². The number of Topliss-reactive ketones (excluding diaryl/α,β-unsaturated/α-hetero) is 1. The van der Waals surface area contributed by atoms with Crippen LogP contribution in [0.3, 0.4) is 0 Å². The third-order valence-corrected chi connectivity index (χ3v) is 3.85. The van der Waals surface area contributed by atoms with Crippen molar-refractivity contribution in [3.63, 3.8) is 0 Å². The van der Waals surface area contributed by atoms with Gasteiger partial charge in [0.25, 0.3) is 5.03 Å². The number of thioether (sulfide) groups is 1.